The van der Waals surface area contributed by atoms with Gasteiger partial charge in [0.1, 0.15) is 22.8 Å². The Morgan fingerprint density at radius 1 is 1.19 bits per heavy atom. The van der Waals surface area contributed by atoms with E-state index in [2.05, 4.69) is 5.32 Å². The summed E-state index contributed by atoms with van der Waals surface area (Å²) in [5.74, 6) is -7.28. The van der Waals surface area contributed by atoms with Gasteiger partial charge in [0.2, 0.25) is 12.2 Å². The van der Waals surface area contributed by atoms with Crippen molar-refractivity contribution in [3.63, 3.8) is 0 Å². The van der Waals surface area contributed by atoms with Gasteiger partial charge in [0.05, 0.1) is 17.3 Å². The first-order valence-corrected chi connectivity index (χ1v) is 11.2. The summed E-state index contributed by atoms with van der Waals surface area (Å²) in [5, 5.41) is 47.0. The number of anilines is 2. The number of carbonyl (C=O) groups is 4. The Hall–Kier alpha value is -3.90. The summed E-state index contributed by atoms with van der Waals surface area (Å²) in [6.07, 6.45) is 0.495. The number of phenols is 1. The molecular weight excluding hydrogens is 472 g/mol. The van der Waals surface area contributed by atoms with Crippen LogP contribution in [0.25, 0.3) is 5.76 Å². The fourth-order valence-electron chi connectivity index (χ4n) is 5.86. The minimum absolute atomic E-state index is 0.00622. The van der Waals surface area contributed by atoms with Gasteiger partial charge < -0.3 is 36.4 Å². The number of Topliss-reactive ketones (excluding diaryl/α,β-unsaturated/α-hetero) is 2. The first kappa shape index (κ1) is 25.2. The number of aliphatic hydroxyl groups excluding tert-OH is 2. The van der Waals surface area contributed by atoms with Crippen LogP contribution >= 0.6 is 0 Å². The highest BCUT2D eigenvalue weighted by Crippen LogP contribution is 2.54. The minimum atomic E-state index is -2.71. The molecule has 3 aliphatic carbocycles. The number of hydrogen-bond donors (Lipinski definition) is 6. The van der Waals surface area contributed by atoms with Gasteiger partial charge >= 0.3 is 0 Å². The molecular formula is C24H28N4O8. The summed E-state index contributed by atoms with van der Waals surface area (Å²) in [5.41, 5.74) is 2.44. The third-order valence-electron chi connectivity index (χ3n) is 7.39. The number of rotatable bonds is 5. The van der Waals surface area contributed by atoms with Crippen molar-refractivity contribution in [2.24, 2.45) is 17.6 Å². The SMILES string of the molecule is CN(C)c1cc(NC=O)c(O)c2c1C[C@H]1C[C@H]3[C@H](N(C)C)C(=O)C(C(N)=O)=C(O)[C@@]3(O)C(=O)C1=C2O. The molecule has 12 heteroatoms. The Bertz CT molecular complexity index is 1280. The van der Waals surface area contributed by atoms with Gasteiger partial charge in [-0.3, -0.25) is 24.1 Å². The van der Waals surface area contributed by atoms with Crippen LogP contribution in [0.2, 0.25) is 0 Å². The predicted octanol–water partition coefficient (Wildman–Crippen LogP) is -0.402. The van der Waals surface area contributed by atoms with E-state index in [0.29, 0.717) is 17.7 Å². The van der Waals surface area contributed by atoms with Crippen LogP contribution in [0.1, 0.15) is 17.5 Å². The number of fused-ring (bicyclic) bond motifs is 3. The van der Waals surface area contributed by atoms with E-state index in [1.807, 2.05) is 0 Å². The molecule has 0 aliphatic heterocycles. The van der Waals surface area contributed by atoms with Crippen molar-refractivity contribution >= 4 is 41.0 Å². The van der Waals surface area contributed by atoms with E-state index in [9.17, 15) is 39.6 Å². The van der Waals surface area contributed by atoms with Gasteiger partial charge in [-0.25, -0.2) is 0 Å². The number of likely N-dealkylation sites (N-methyl/N-ethyl adjacent to an activating group) is 1. The maximum Gasteiger partial charge on any atom is 0.255 e. The summed E-state index contributed by atoms with van der Waals surface area (Å²) in [7, 11) is 6.54. The average molecular weight is 501 g/mol. The van der Waals surface area contributed by atoms with E-state index >= 15 is 0 Å². The van der Waals surface area contributed by atoms with E-state index < -0.39 is 63.8 Å². The van der Waals surface area contributed by atoms with E-state index in [0.717, 1.165) is 0 Å². The first-order valence-electron chi connectivity index (χ1n) is 11.2. The van der Waals surface area contributed by atoms with E-state index in [-0.39, 0.29) is 29.7 Å². The molecule has 12 nitrogen and oxygen atoms in total. The van der Waals surface area contributed by atoms with Crippen LogP contribution in [0, 0.1) is 11.8 Å². The molecule has 4 rings (SSSR count). The molecule has 1 aromatic rings. The molecule has 0 unspecified atom stereocenters. The summed E-state index contributed by atoms with van der Waals surface area (Å²) in [6.45, 7) is 0. The molecule has 0 aromatic heterocycles. The lowest BCUT2D eigenvalue weighted by Gasteiger charge is -2.50. The Balaban J connectivity index is 2.01. The zero-order chi connectivity index (χ0) is 26.9. The molecule has 3 aliphatic rings. The molecule has 2 amide bonds. The highest BCUT2D eigenvalue weighted by atomic mass is 16.3. The van der Waals surface area contributed by atoms with Crippen molar-refractivity contribution in [3.05, 3.63) is 34.1 Å². The third-order valence-corrected chi connectivity index (χ3v) is 7.39. The van der Waals surface area contributed by atoms with Crippen molar-refractivity contribution in [1.29, 1.82) is 0 Å². The lowest BCUT2D eigenvalue weighted by Crippen LogP contribution is -2.65. The molecule has 0 spiro atoms. The molecule has 4 atom stereocenters. The summed E-state index contributed by atoms with van der Waals surface area (Å²) in [6, 6.07) is 0.380. The van der Waals surface area contributed by atoms with Crippen molar-refractivity contribution in [3.8, 4) is 5.75 Å². The highest BCUT2D eigenvalue weighted by Gasteiger charge is 2.64. The fourth-order valence-corrected chi connectivity index (χ4v) is 5.86. The highest BCUT2D eigenvalue weighted by molar-refractivity contribution is 6.24. The number of carbonyl (C=O) groups excluding carboxylic acids is 4. The zero-order valence-electron chi connectivity index (χ0n) is 20.2. The average Bonchev–Trinajstić information content (AvgIpc) is 2.77. The van der Waals surface area contributed by atoms with Crippen molar-refractivity contribution < 1.29 is 39.6 Å². The van der Waals surface area contributed by atoms with Crippen LogP contribution in [0.15, 0.2) is 23.0 Å². The van der Waals surface area contributed by atoms with Crippen molar-refractivity contribution in [2.45, 2.75) is 24.5 Å². The number of amides is 2. The summed E-state index contributed by atoms with van der Waals surface area (Å²) < 4.78 is 0. The second-order valence-electron chi connectivity index (χ2n) is 9.76. The number of benzene rings is 1. The van der Waals surface area contributed by atoms with Gasteiger partial charge in [-0.2, -0.15) is 0 Å². The molecule has 1 saturated carbocycles. The Kier molecular flexibility index (Phi) is 5.84. The van der Waals surface area contributed by atoms with Crippen molar-refractivity contribution in [2.75, 3.05) is 38.4 Å². The Morgan fingerprint density at radius 2 is 1.83 bits per heavy atom. The second-order valence-corrected chi connectivity index (χ2v) is 9.76. The zero-order valence-corrected chi connectivity index (χ0v) is 20.2. The molecule has 192 valence electrons. The topological polar surface area (TPSA) is 194 Å². The number of phenolic OH excluding ortho intramolecular Hbond substituents is 1. The first-order chi connectivity index (χ1) is 16.8. The third kappa shape index (κ3) is 3.21. The van der Waals surface area contributed by atoms with E-state index in [1.54, 1.807) is 19.0 Å². The second kappa shape index (κ2) is 8.35. The van der Waals surface area contributed by atoms with Crippen LogP contribution in [-0.4, -0.2) is 89.0 Å². The number of primary amides is 1. The fraction of sp³-hybridized carbons (Fsp3) is 0.417. The van der Waals surface area contributed by atoms with Crippen molar-refractivity contribution in [1.82, 2.24) is 4.90 Å². The molecule has 36 heavy (non-hydrogen) atoms. The summed E-state index contributed by atoms with van der Waals surface area (Å²) >= 11 is 0. The van der Waals surface area contributed by atoms with Crippen LogP contribution in [0.4, 0.5) is 11.4 Å². The molecule has 0 saturated heterocycles. The molecule has 0 radical (unpaired) electrons. The maximum atomic E-state index is 13.8. The lowest BCUT2D eigenvalue weighted by molar-refractivity contribution is -0.153. The normalized spacial score (nSPS) is 27.4. The smallest absolute Gasteiger partial charge is 0.255 e. The summed E-state index contributed by atoms with van der Waals surface area (Å²) in [4.78, 5) is 53.2. The maximum absolute atomic E-state index is 13.8. The Morgan fingerprint density at radius 3 is 2.36 bits per heavy atom. The van der Waals surface area contributed by atoms with E-state index in [4.69, 9.17) is 5.73 Å². The number of nitrogens with two attached hydrogens (primary N) is 1. The number of nitrogens with zero attached hydrogens (tertiary/aromatic N) is 2. The van der Waals surface area contributed by atoms with Gasteiger partial charge in [-0.15, -0.1) is 0 Å². The van der Waals surface area contributed by atoms with Crippen LogP contribution in [0.3, 0.4) is 0 Å². The van der Waals surface area contributed by atoms with Crippen LogP contribution in [-0.2, 0) is 25.6 Å². The predicted molar refractivity (Wildman–Crippen MR) is 128 cm³/mol. The van der Waals surface area contributed by atoms with Gasteiger partial charge in [0.15, 0.2) is 11.4 Å². The van der Waals surface area contributed by atoms with Crippen LogP contribution < -0.4 is 16.0 Å². The molecule has 0 bridgehead atoms. The van der Waals surface area contributed by atoms with E-state index in [1.165, 1.54) is 25.1 Å². The monoisotopic (exact) mass is 500 g/mol. The van der Waals surface area contributed by atoms with Gasteiger partial charge in [-0.1, -0.05) is 0 Å². The largest absolute Gasteiger partial charge is 0.508 e. The number of aliphatic hydroxyl groups is 3. The quantitative estimate of drug-likeness (QED) is 0.176. The molecule has 1 fully saturated rings. The standard InChI is InChI=1S/C24H28N4O8/c1-27(2)13-7-12(26-8-29)18(30)15-10(13)5-9-6-11-17(28(3)4)20(32)16(23(25)35)22(34)24(11,36)21(33)14(9)19(15)31/h7-9,11,17,30-31,34,36H,5-6H2,1-4H3,(H2,25,35)(H,26,29)/t9-,11-,17-,24-/m0/s1. The van der Waals surface area contributed by atoms with Gasteiger partial charge in [-0.05, 0) is 44.5 Å². The number of nitrogens with one attached hydrogen (secondary N) is 1. The molecule has 1 aromatic carbocycles. The minimum Gasteiger partial charge on any atom is -0.508 e. The number of hydrogen-bond acceptors (Lipinski definition) is 10. The van der Waals surface area contributed by atoms with Gasteiger partial charge in [0.25, 0.3) is 5.91 Å². The van der Waals surface area contributed by atoms with Crippen LogP contribution in [0.5, 0.6) is 5.75 Å². The number of ketones is 2. The Labute approximate surface area is 206 Å². The molecule has 0 heterocycles. The van der Waals surface area contributed by atoms with Gasteiger partial charge in [0, 0.05) is 31.3 Å². The molecule has 7 N–H and O–H groups in total. The lowest BCUT2D eigenvalue weighted by atomic mass is 9.57. The number of aromatic hydroxyl groups is 1.